The molecule has 81 heavy (non-hydrogen) atoms. The molecule has 3 aromatic heterocycles. The van der Waals surface area contributed by atoms with E-state index < -0.39 is 0 Å². The van der Waals surface area contributed by atoms with Crippen molar-refractivity contribution in [3.05, 3.63) is 187 Å². The first kappa shape index (κ1) is 52.3. The van der Waals surface area contributed by atoms with Gasteiger partial charge in [0.05, 0.1) is 101 Å². The number of hydrogen-bond acceptors (Lipinski definition) is 18. The maximum atomic E-state index is 10.2. The van der Waals surface area contributed by atoms with E-state index in [0.29, 0.717) is 27.8 Å². The van der Waals surface area contributed by atoms with Gasteiger partial charge >= 0.3 is 0 Å². The number of aromatic nitrogens is 6. The van der Waals surface area contributed by atoms with E-state index in [1.54, 1.807) is 36.4 Å². The Labute approximate surface area is 460 Å². The van der Waals surface area contributed by atoms with Crippen LogP contribution in [0.4, 0.5) is 0 Å². The second-order valence-corrected chi connectivity index (χ2v) is 17.2. The molecule has 0 aliphatic heterocycles. The van der Waals surface area contributed by atoms with Crippen LogP contribution in [0.5, 0.6) is 0 Å². The summed E-state index contributed by atoms with van der Waals surface area (Å²) in [6.45, 7) is 4.00. The lowest BCUT2D eigenvalue weighted by Crippen LogP contribution is -2.07. The normalized spacial score (nSPS) is 10.0. The van der Waals surface area contributed by atoms with Gasteiger partial charge in [0.25, 0.3) is 0 Å². The van der Waals surface area contributed by atoms with Crippen LogP contribution < -0.4 is 0 Å². The molecule has 0 atom stereocenters. The predicted octanol–water partition coefficient (Wildman–Crippen LogP) is 10.9. The lowest BCUT2D eigenvalue weighted by atomic mass is 9.96. The highest BCUT2D eigenvalue weighted by atomic mass is 14.9. The minimum atomic E-state index is -0.0419. The molecular weight excluding hydrogens is 1010 g/mol. The lowest BCUT2D eigenvalue weighted by Gasteiger charge is -2.18. The standard InChI is InChI=1S/C61H20N18.C2H6/c62-20-38-2-1-32(13-44(38)26-68)14-50-51(33-3-8-39(21-63)45(15-33)27-69)75-57-56(74-50)58-60(78-53(35-5-10-41(23-65)47(17-35)29-71)52(76-58)34-4-9-40(22-64)46(16-34)28-70)61-59(57)77-54(36-6-11-42(24-66)48(18-36)30-72)55(79-61)37-7-12-43(25-67)49(19-37)31-73;1-2/h1-13,15-19H,14H2;1-2H3. The topological polar surface area (TPSA) is 363 Å². The Kier molecular flexibility index (Phi) is 14.3. The van der Waals surface area contributed by atoms with E-state index in [9.17, 15) is 63.1 Å². The van der Waals surface area contributed by atoms with Crippen molar-refractivity contribution in [3.8, 4) is 129 Å². The summed E-state index contributed by atoms with van der Waals surface area (Å²) >= 11 is 0. The fraction of sp³-hybridized carbons (Fsp3) is 0.0476. The summed E-state index contributed by atoms with van der Waals surface area (Å²) in [4.78, 5) is 31.7. The Hall–Kier alpha value is -13.6. The SMILES string of the molecule is CC.N#Cc1ccc(Cc2nc3c(nc2-c2ccc(C#N)c(C#N)c2)c2nc(-c4ccc(C#N)c(C#N)c4)c(-c4ccc(C#N)c(C#N)c4)nc2c2nc(-c4ccc(C#N)c(C#N)c4)c(-c4ccc(C#N)c(C#N)c4)nc32)cc1C#N. The van der Waals surface area contributed by atoms with Crippen molar-refractivity contribution >= 4 is 33.1 Å². The minimum absolute atomic E-state index is 0.0000866. The van der Waals surface area contributed by atoms with Gasteiger partial charge in [0, 0.05) is 34.2 Å². The van der Waals surface area contributed by atoms with Gasteiger partial charge < -0.3 is 0 Å². The van der Waals surface area contributed by atoms with Gasteiger partial charge in [-0.2, -0.15) is 63.1 Å². The Bertz CT molecular complexity index is 4880. The predicted molar refractivity (Wildman–Crippen MR) is 290 cm³/mol. The van der Waals surface area contributed by atoms with E-state index in [1.807, 2.05) is 50.3 Å². The van der Waals surface area contributed by atoms with E-state index >= 15 is 0 Å². The summed E-state index contributed by atoms with van der Waals surface area (Å²) in [5.74, 6) is 0. The molecule has 3 heterocycles. The molecular formula is C63H26N18. The van der Waals surface area contributed by atoms with E-state index in [0.717, 1.165) is 0 Å². The Morgan fingerprint density at radius 3 is 0.716 bits per heavy atom. The van der Waals surface area contributed by atoms with Crippen LogP contribution in [-0.4, -0.2) is 29.9 Å². The first-order valence-corrected chi connectivity index (χ1v) is 24.0. The third kappa shape index (κ3) is 9.28. The Balaban J connectivity index is 0.00000392. The van der Waals surface area contributed by atoms with Gasteiger partial charge in [0.2, 0.25) is 0 Å². The first-order chi connectivity index (χ1) is 39.6. The maximum Gasteiger partial charge on any atom is 0.120 e. The first-order valence-electron chi connectivity index (χ1n) is 24.0. The van der Waals surface area contributed by atoms with Gasteiger partial charge in [-0.05, 0) is 78.4 Å². The van der Waals surface area contributed by atoms with Gasteiger partial charge in [0.1, 0.15) is 106 Å². The molecule has 18 heteroatoms. The molecule has 0 N–H and O–H groups in total. The fourth-order valence-electron chi connectivity index (χ4n) is 8.98. The van der Waals surface area contributed by atoms with Crippen molar-refractivity contribution in [3.63, 3.8) is 0 Å². The molecule has 0 radical (unpaired) electrons. The zero-order valence-corrected chi connectivity index (χ0v) is 42.1. The molecule has 18 nitrogen and oxygen atoms in total. The molecule has 368 valence electrons. The van der Waals surface area contributed by atoms with Gasteiger partial charge in [-0.15, -0.1) is 0 Å². The van der Waals surface area contributed by atoms with Gasteiger partial charge in [-0.3, -0.25) is 0 Å². The average Bonchev–Trinajstić information content (AvgIpc) is 2.81. The van der Waals surface area contributed by atoms with E-state index in [4.69, 9.17) is 29.9 Å². The second-order valence-electron chi connectivity index (χ2n) is 17.2. The van der Waals surface area contributed by atoms with Gasteiger partial charge in [-0.1, -0.05) is 50.2 Å². The number of benzene rings is 7. The maximum absolute atomic E-state index is 10.2. The van der Waals surface area contributed by atoms with Crippen molar-refractivity contribution in [2.75, 3.05) is 0 Å². The van der Waals surface area contributed by atoms with E-state index in [1.165, 1.54) is 72.8 Å². The largest absolute Gasteiger partial charge is 0.246 e. The van der Waals surface area contributed by atoms with Crippen LogP contribution in [0.1, 0.15) is 91.9 Å². The number of nitriles is 12. The monoisotopic (exact) mass is 1030 g/mol. The number of fused-ring (bicyclic) bond motifs is 6. The van der Waals surface area contributed by atoms with Gasteiger partial charge in [-0.25, -0.2) is 29.9 Å². The second kappa shape index (κ2) is 22.1. The quantitative estimate of drug-likeness (QED) is 0.134. The molecule has 0 saturated carbocycles. The van der Waals surface area contributed by atoms with Gasteiger partial charge in [0.15, 0.2) is 0 Å². The van der Waals surface area contributed by atoms with Crippen molar-refractivity contribution < 1.29 is 0 Å². The van der Waals surface area contributed by atoms with Crippen LogP contribution in [0.3, 0.4) is 0 Å². The highest BCUT2D eigenvalue weighted by molar-refractivity contribution is 6.20. The van der Waals surface area contributed by atoms with Crippen LogP contribution in [0.2, 0.25) is 0 Å². The third-order valence-corrected chi connectivity index (χ3v) is 12.8. The molecule has 0 spiro atoms. The number of nitrogens with zero attached hydrogens (tertiary/aromatic N) is 18. The van der Waals surface area contributed by atoms with Crippen molar-refractivity contribution in [1.82, 2.24) is 29.9 Å². The van der Waals surface area contributed by atoms with Crippen LogP contribution in [0.15, 0.2) is 109 Å². The van der Waals surface area contributed by atoms with E-state index in [2.05, 4.69) is 36.4 Å². The minimum Gasteiger partial charge on any atom is -0.246 e. The van der Waals surface area contributed by atoms with Crippen LogP contribution in [-0.2, 0) is 6.42 Å². The highest BCUT2D eigenvalue weighted by Crippen LogP contribution is 2.42. The molecule has 0 amide bonds. The lowest BCUT2D eigenvalue weighted by molar-refractivity contribution is 1.07. The molecule has 0 aliphatic rings. The average molecular weight is 1040 g/mol. The molecule has 0 aliphatic carbocycles. The molecule has 7 aromatic carbocycles. The summed E-state index contributed by atoms with van der Waals surface area (Å²) < 4.78 is 0. The summed E-state index contributed by atoms with van der Waals surface area (Å²) in [5, 5.41) is 121. The summed E-state index contributed by atoms with van der Waals surface area (Å²) in [6.07, 6.45) is -0.0419. The molecule has 0 fully saturated rings. The number of hydrogen-bond donors (Lipinski definition) is 0. The van der Waals surface area contributed by atoms with Crippen LogP contribution in [0.25, 0.3) is 89.4 Å². The van der Waals surface area contributed by atoms with Crippen LogP contribution in [0, 0.1) is 136 Å². The van der Waals surface area contributed by atoms with E-state index in [-0.39, 0.29) is 146 Å². The van der Waals surface area contributed by atoms with Crippen molar-refractivity contribution in [2.45, 2.75) is 20.3 Å². The highest BCUT2D eigenvalue weighted by Gasteiger charge is 2.27. The molecule has 0 unspecified atom stereocenters. The van der Waals surface area contributed by atoms with Crippen molar-refractivity contribution in [2.24, 2.45) is 0 Å². The zero-order valence-electron chi connectivity index (χ0n) is 42.1. The molecule has 10 rings (SSSR count). The summed E-state index contributed by atoms with van der Waals surface area (Å²) in [5.41, 5.74) is 3.74. The zero-order chi connectivity index (χ0) is 57.5. The number of rotatable bonds is 7. The molecule has 0 bridgehead atoms. The smallest absolute Gasteiger partial charge is 0.120 e. The molecule has 10 aromatic rings. The Morgan fingerprint density at radius 1 is 0.247 bits per heavy atom. The summed E-state index contributed by atoms with van der Waals surface area (Å²) in [7, 11) is 0. The molecule has 0 saturated heterocycles. The summed E-state index contributed by atoms with van der Waals surface area (Å²) in [6, 6.07) is 51.5. The third-order valence-electron chi connectivity index (χ3n) is 12.8. The Morgan fingerprint density at radius 2 is 0.457 bits per heavy atom. The van der Waals surface area contributed by atoms with Crippen LogP contribution >= 0.6 is 0 Å². The van der Waals surface area contributed by atoms with Crippen molar-refractivity contribution in [1.29, 1.82) is 63.1 Å². The fourth-order valence-corrected chi connectivity index (χ4v) is 8.98.